The first kappa shape index (κ1) is 15.9. The van der Waals surface area contributed by atoms with Gasteiger partial charge < -0.3 is 4.74 Å². The van der Waals surface area contributed by atoms with Crippen LogP contribution in [-0.4, -0.2) is 38.9 Å². The van der Waals surface area contributed by atoms with Crippen molar-refractivity contribution in [1.29, 1.82) is 0 Å². The van der Waals surface area contributed by atoms with E-state index in [2.05, 4.69) is 4.74 Å². The summed E-state index contributed by atoms with van der Waals surface area (Å²) in [6.45, 7) is 1.24. The molecule has 1 rings (SSSR count). The van der Waals surface area contributed by atoms with Crippen molar-refractivity contribution < 1.29 is 22.3 Å². The molecule has 5 nitrogen and oxygen atoms in total. The number of carbonyl (C=O) groups excluding carboxylic acids is 1. The summed E-state index contributed by atoms with van der Waals surface area (Å²) in [4.78, 5) is 11.0. The summed E-state index contributed by atoms with van der Waals surface area (Å²) in [5.74, 6) is -1.39. The highest BCUT2D eigenvalue weighted by Gasteiger charge is 2.26. The van der Waals surface area contributed by atoms with Crippen LogP contribution in [-0.2, 0) is 19.6 Å². The highest BCUT2D eigenvalue weighted by molar-refractivity contribution is 7.89. The van der Waals surface area contributed by atoms with E-state index in [1.807, 2.05) is 0 Å². The zero-order valence-corrected chi connectivity index (χ0v) is 12.0. The second kappa shape index (κ2) is 6.31. The topological polar surface area (TPSA) is 63.7 Å². The van der Waals surface area contributed by atoms with Crippen molar-refractivity contribution in [3.05, 3.63) is 29.0 Å². The van der Waals surface area contributed by atoms with Gasteiger partial charge in [-0.3, -0.25) is 4.79 Å². The summed E-state index contributed by atoms with van der Waals surface area (Å²) in [7, 11) is -2.75. The van der Waals surface area contributed by atoms with Gasteiger partial charge in [-0.05, 0) is 18.2 Å². The van der Waals surface area contributed by atoms with Crippen molar-refractivity contribution in [2.45, 2.75) is 11.8 Å². The molecule has 0 aliphatic carbocycles. The normalized spacial score (nSPS) is 11.6. The van der Waals surface area contributed by atoms with Crippen LogP contribution < -0.4 is 0 Å². The summed E-state index contributed by atoms with van der Waals surface area (Å²) in [5.41, 5.74) is 0. The molecule has 0 bridgehead atoms. The van der Waals surface area contributed by atoms with E-state index in [4.69, 9.17) is 11.6 Å². The largest absolute Gasteiger partial charge is 0.468 e. The van der Waals surface area contributed by atoms with E-state index in [9.17, 15) is 17.6 Å². The molecule has 0 saturated heterocycles. The summed E-state index contributed by atoms with van der Waals surface area (Å²) < 4.78 is 42.8. The molecule has 0 saturated carbocycles. The Morgan fingerprint density at radius 1 is 1.47 bits per heavy atom. The van der Waals surface area contributed by atoms with E-state index in [0.29, 0.717) is 0 Å². The molecule has 0 N–H and O–H groups in total. The number of benzene rings is 1. The molecule has 0 heterocycles. The Balaban J connectivity index is 3.13. The molecule has 0 atom stereocenters. The number of likely N-dealkylation sites (N-methyl/N-ethyl adjacent to an activating group) is 1. The lowest BCUT2D eigenvalue weighted by Gasteiger charge is -2.19. The number of nitrogens with zero attached hydrogens (tertiary/aromatic N) is 1. The fourth-order valence-electron chi connectivity index (χ4n) is 1.36. The number of carbonyl (C=O) groups is 1. The molecule has 106 valence electrons. The van der Waals surface area contributed by atoms with Crippen molar-refractivity contribution in [3.8, 4) is 0 Å². The Labute approximate surface area is 116 Å². The van der Waals surface area contributed by atoms with Crippen LogP contribution in [0.15, 0.2) is 23.1 Å². The fraction of sp³-hybridized carbons (Fsp3) is 0.364. The van der Waals surface area contributed by atoms with Gasteiger partial charge in [0.2, 0.25) is 10.0 Å². The average molecular weight is 310 g/mol. The van der Waals surface area contributed by atoms with E-state index in [-0.39, 0.29) is 16.5 Å². The Morgan fingerprint density at radius 2 is 2.11 bits per heavy atom. The maximum absolute atomic E-state index is 13.0. The van der Waals surface area contributed by atoms with Crippen LogP contribution in [0, 0.1) is 5.82 Å². The maximum Gasteiger partial charge on any atom is 0.321 e. The Morgan fingerprint density at radius 3 is 2.58 bits per heavy atom. The molecule has 0 radical (unpaired) electrons. The van der Waals surface area contributed by atoms with Crippen LogP contribution in [0.2, 0.25) is 5.02 Å². The Bertz CT molecular complexity index is 576. The highest BCUT2D eigenvalue weighted by Crippen LogP contribution is 2.22. The van der Waals surface area contributed by atoms with Gasteiger partial charge in [0.1, 0.15) is 12.4 Å². The fourth-order valence-corrected chi connectivity index (χ4v) is 3.03. The molecular formula is C11H13ClFNO4S. The van der Waals surface area contributed by atoms with Gasteiger partial charge in [0, 0.05) is 6.54 Å². The first-order valence-corrected chi connectivity index (χ1v) is 7.16. The summed E-state index contributed by atoms with van der Waals surface area (Å²) in [5, 5.41) is -0.296. The van der Waals surface area contributed by atoms with Gasteiger partial charge in [0.25, 0.3) is 0 Å². The van der Waals surface area contributed by atoms with Crippen LogP contribution in [0.4, 0.5) is 4.39 Å². The van der Waals surface area contributed by atoms with Crippen LogP contribution in [0.3, 0.4) is 0 Å². The first-order valence-electron chi connectivity index (χ1n) is 5.35. The molecule has 0 fully saturated rings. The Kier molecular flexibility index (Phi) is 5.28. The number of halogens is 2. The third-order valence-corrected chi connectivity index (χ3v) is 4.62. The quantitative estimate of drug-likeness (QED) is 0.776. The minimum absolute atomic E-state index is 0.0758. The number of rotatable bonds is 5. The van der Waals surface area contributed by atoms with Gasteiger partial charge in [-0.25, -0.2) is 12.8 Å². The third-order valence-electron chi connectivity index (χ3n) is 2.41. The number of methoxy groups -OCH3 is 1. The molecule has 8 heteroatoms. The van der Waals surface area contributed by atoms with Crippen LogP contribution in [0.1, 0.15) is 6.92 Å². The number of sulfonamides is 1. The molecule has 19 heavy (non-hydrogen) atoms. The summed E-state index contributed by atoms with van der Waals surface area (Å²) in [6.07, 6.45) is 0. The third kappa shape index (κ3) is 3.65. The molecule has 0 unspecified atom stereocenters. The van der Waals surface area contributed by atoms with Gasteiger partial charge in [-0.1, -0.05) is 18.5 Å². The van der Waals surface area contributed by atoms with Gasteiger partial charge in [0.15, 0.2) is 0 Å². The van der Waals surface area contributed by atoms with Crippen molar-refractivity contribution in [1.82, 2.24) is 4.31 Å². The van der Waals surface area contributed by atoms with Gasteiger partial charge in [0.05, 0.1) is 17.0 Å². The monoisotopic (exact) mass is 309 g/mol. The minimum atomic E-state index is -3.91. The number of esters is 1. The Hall–Kier alpha value is -1.18. The van der Waals surface area contributed by atoms with Crippen LogP contribution in [0.25, 0.3) is 0 Å². The molecule has 0 aromatic heterocycles. The van der Waals surface area contributed by atoms with Crippen LogP contribution in [0.5, 0.6) is 0 Å². The summed E-state index contributed by atoms with van der Waals surface area (Å²) in [6, 6.07) is 3.06. The maximum atomic E-state index is 13.0. The number of ether oxygens (including phenoxy) is 1. The number of hydrogen-bond donors (Lipinski definition) is 0. The molecular weight excluding hydrogens is 297 g/mol. The minimum Gasteiger partial charge on any atom is -0.468 e. The van der Waals surface area contributed by atoms with Crippen molar-refractivity contribution in [2.75, 3.05) is 20.2 Å². The lowest BCUT2D eigenvalue weighted by Crippen LogP contribution is -2.36. The molecule has 0 aliphatic rings. The van der Waals surface area contributed by atoms with Gasteiger partial charge in [-0.15, -0.1) is 0 Å². The molecule has 0 aliphatic heterocycles. The molecule has 1 aromatic carbocycles. The predicted octanol–water partition coefficient (Wildman–Crippen LogP) is 1.66. The van der Waals surface area contributed by atoms with Crippen molar-refractivity contribution in [3.63, 3.8) is 0 Å². The van der Waals surface area contributed by atoms with Crippen LogP contribution >= 0.6 is 11.6 Å². The van der Waals surface area contributed by atoms with E-state index in [1.54, 1.807) is 6.92 Å². The van der Waals surface area contributed by atoms with E-state index >= 15 is 0 Å². The highest BCUT2D eigenvalue weighted by atomic mass is 35.5. The standard InChI is InChI=1S/C11H13ClFNO4S/c1-3-14(7-11(15)18-2)19(16,17)8-4-5-10(13)9(12)6-8/h4-6H,3,7H2,1-2H3. The lowest BCUT2D eigenvalue weighted by atomic mass is 10.3. The SMILES string of the molecule is CCN(CC(=O)OC)S(=O)(=O)c1ccc(F)c(Cl)c1. The predicted molar refractivity (Wildman–Crippen MR) is 67.9 cm³/mol. The van der Waals surface area contributed by atoms with E-state index in [1.165, 1.54) is 0 Å². The zero-order valence-electron chi connectivity index (χ0n) is 10.4. The smallest absolute Gasteiger partial charge is 0.321 e. The first-order chi connectivity index (χ1) is 8.82. The average Bonchev–Trinajstić information content (AvgIpc) is 2.38. The molecule has 1 aromatic rings. The second-order valence-corrected chi connectivity index (χ2v) is 5.93. The van der Waals surface area contributed by atoms with E-state index < -0.39 is 28.4 Å². The second-order valence-electron chi connectivity index (χ2n) is 3.58. The number of hydrogen-bond acceptors (Lipinski definition) is 4. The van der Waals surface area contributed by atoms with E-state index in [0.717, 1.165) is 29.6 Å². The van der Waals surface area contributed by atoms with Gasteiger partial charge >= 0.3 is 5.97 Å². The van der Waals surface area contributed by atoms with Crippen molar-refractivity contribution >= 4 is 27.6 Å². The molecule has 0 spiro atoms. The van der Waals surface area contributed by atoms with Crippen molar-refractivity contribution in [2.24, 2.45) is 0 Å². The zero-order chi connectivity index (χ0) is 14.6. The van der Waals surface area contributed by atoms with Gasteiger partial charge in [-0.2, -0.15) is 4.31 Å². The lowest BCUT2D eigenvalue weighted by molar-refractivity contribution is -0.140. The summed E-state index contributed by atoms with van der Waals surface area (Å²) >= 11 is 5.55. The molecule has 0 amide bonds.